The van der Waals surface area contributed by atoms with Gasteiger partial charge in [0, 0.05) is 15.7 Å². The Labute approximate surface area is 214 Å². The smallest absolute Gasteiger partial charge is 0.0374 e. The van der Waals surface area contributed by atoms with Crippen LogP contribution < -0.4 is 0 Å². The van der Waals surface area contributed by atoms with E-state index in [1.165, 1.54) is 69.6 Å². The Hall–Kier alpha value is -4.07. The first kappa shape index (κ1) is 20.2. The van der Waals surface area contributed by atoms with Crippen molar-refractivity contribution < 1.29 is 0 Å². The molecule has 0 amide bonds. The summed E-state index contributed by atoms with van der Waals surface area (Å²) in [6, 6.07) is 47.3. The van der Waals surface area contributed by atoms with Gasteiger partial charge in [-0.25, -0.2) is 0 Å². The zero-order valence-corrected chi connectivity index (χ0v) is 20.4. The topological polar surface area (TPSA) is 0 Å². The van der Waals surface area contributed by atoms with Gasteiger partial charge in [-0.2, -0.15) is 0 Å². The van der Waals surface area contributed by atoms with Crippen LogP contribution in [0.2, 0.25) is 0 Å². The van der Waals surface area contributed by atoms with Gasteiger partial charge in [0.1, 0.15) is 0 Å². The van der Waals surface area contributed by atoms with Gasteiger partial charge in [-0.05, 0) is 71.9 Å². The van der Waals surface area contributed by atoms with E-state index in [1.54, 1.807) is 0 Å². The van der Waals surface area contributed by atoms with Gasteiger partial charge in [0.2, 0.25) is 0 Å². The van der Waals surface area contributed by atoms with E-state index in [0.717, 1.165) is 0 Å². The molecule has 0 N–H and O–H groups in total. The molecule has 0 nitrogen and oxygen atoms in total. The largest absolute Gasteiger partial charge is 0.0894 e. The van der Waals surface area contributed by atoms with Gasteiger partial charge in [-0.3, -0.25) is 0 Å². The number of hydrogen-bond donors (Lipinski definition) is 0. The zero-order valence-electron chi connectivity index (χ0n) is 19.6. The van der Waals surface area contributed by atoms with Crippen LogP contribution in [-0.2, 0) is 0 Å². The monoisotopic (exact) mass is 474 g/mol. The normalized spacial score (nSPS) is 13.3. The van der Waals surface area contributed by atoms with Crippen molar-refractivity contribution in [3.05, 3.63) is 144 Å². The predicted molar refractivity (Wildman–Crippen MR) is 154 cm³/mol. The first-order valence-electron chi connectivity index (χ1n) is 12.5. The molecule has 0 bridgehead atoms. The lowest BCUT2D eigenvalue weighted by atomic mass is 9.79. The average Bonchev–Trinajstić information content (AvgIpc) is 2.95. The SMILES string of the molecule is c1ccc2c3c(ccc2c1)Sc1ccc2ccccc2c1C3c1ccc2c(ccc3ccccc32)c1. The summed E-state index contributed by atoms with van der Waals surface area (Å²) in [4.78, 5) is 2.72. The summed E-state index contributed by atoms with van der Waals surface area (Å²) in [7, 11) is 0. The van der Waals surface area contributed by atoms with Crippen molar-refractivity contribution >= 4 is 54.9 Å². The quantitative estimate of drug-likeness (QED) is 0.213. The number of benzene rings is 7. The second kappa shape index (κ2) is 7.71. The Morgan fingerprint density at radius 3 is 1.50 bits per heavy atom. The summed E-state index contributed by atoms with van der Waals surface area (Å²) in [6.07, 6.45) is 0. The van der Waals surface area contributed by atoms with E-state index in [0.29, 0.717) is 0 Å². The van der Waals surface area contributed by atoms with E-state index in [4.69, 9.17) is 0 Å². The molecule has 0 aliphatic carbocycles. The first-order chi connectivity index (χ1) is 17.8. The maximum atomic E-state index is 2.43. The molecule has 0 saturated heterocycles. The first-order valence-corrected chi connectivity index (χ1v) is 13.3. The van der Waals surface area contributed by atoms with Gasteiger partial charge < -0.3 is 0 Å². The van der Waals surface area contributed by atoms with E-state index in [1.807, 2.05) is 11.8 Å². The highest BCUT2D eigenvalue weighted by Crippen LogP contribution is 2.53. The van der Waals surface area contributed by atoms with E-state index >= 15 is 0 Å². The van der Waals surface area contributed by atoms with Crippen molar-refractivity contribution in [3.8, 4) is 0 Å². The maximum Gasteiger partial charge on any atom is 0.0374 e. The molecule has 7 aromatic rings. The third-order valence-corrected chi connectivity index (χ3v) is 8.91. The van der Waals surface area contributed by atoms with Crippen molar-refractivity contribution in [3.63, 3.8) is 0 Å². The zero-order chi connectivity index (χ0) is 23.6. The second-order valence-electron chi connectivity index (χ2n) is 9.70. The van der Waals surface area contributed by atoms with Gasteiger partial charge in [-0.15, -0.1) is 0 Å². The van der Waals surface area contributed by atoms with E-state index in [9.17, 15) is 0 Å². The molecule has 36 heavy (non-hydrogen) atoms. The fraction of sp³-hybridized carbons (Fsp3) is 0.0286. The van der Waals surface area contributed by atoms with Crippen LogP contribution >= 0.6 is 11.8 Å². The van der Waals surface area contributed by atoms with Crippen molar-refractivity contribution in [2.75, 3.05) is 0 Å². The standard InChI is InChI=1S/C35H22S/c1-4-10-27-22(7-1)13-14-25-21-26(15-18-28(25)27)33-34-29-11-5-2-8-23(29)16-19-31(34)36-32-20-17-24-9-3-6-12-30(24)35(32)33/h1-21,33H. The Morgan fingerprint density at radius 1 is 0.389 bits per heavy atom. The van der Waals surface area contributed by atoms with Gasteiger partial charge in [0.25, 0.3) is 0 Å². The third-order valence-electron chi connectivity index (χ3n) is 7.76. The maximum absolute atomic E-state index is 2.43. The molecule has 0 atom stereocenters. The van der Waals surface area contributed by atoms with Crippen LogP contribution in [0.15, 0.2) is 137 Å². The van der Waals surface area contributed by atoms with E-state index in [-0.39, 0.29) is 5.92 Å². The molecule has 1 heterocycles. The molecular weight excluding hydrogens is 452 g/mol. The molecule has 0 unspecified atom stereocenters. The molecule has 1 aliphatic heterocycles. The molecular formula is C35H22S. The lowest BCUT2D eigenvalue weighted by molar-refractivity contribution is 0.928. The van der Waals surface area contributed by atoms with Crippen LogP contribution in [0.1, 0.15) is 22.6 Å². The van der Waals surface area contributed by atoms with Crippen molar-refractivity contribution in [2.24, 2.45) is 0 Å². The summed E-state index contributed by atoms with van der Waals surface area (Å²) < 4.78 is 0. The lowest BCUT2D eigenvalue weighted by Gasteiger charge is -2.31. The molecule has 1 heteroatoms. The number of fused-ring (bicyclic) bond motifs is 9. The van der Waals surface area contributed by atoms with Crippen molar-refractivity contribution in [2.45, 2.75) is 15.7 Å². The molecule has 0 radical (unpaired) electrons. The molecule has 0 aromatic heterocycles. The van der Waals surface area contributed by atoms with Crippen LogP contribution in [0.5, 0.6) is 0 Å². The van der Waals surface area contributed by atoms with Gasteiger partial charge in [0.05, 0.1) is 0 Å². The van der Waals surface area contributed by atoms with Crippen molar-refractivity contribution in [1.29, 1.82) is 0 Å². The minimum atomic E-state index is 0.171. The Kier molecular flexibility index (Phi) is 4.32. The molecule has 0 spiro atoms. The fourth-order valence-electron chi connectivity index (χ4n) is 6.13. The van der Waals surface area contributed by atoms with Gasteiger partial charge >= 0.3 is 0 Å². The Bertz CT molecular complexity index is 1900. The fourth-order valence-corrected chi connectivity index (χ4v) is 7.32. The summed E-state index contributed by atoms with van der Waals surface area (Å²) >= 11 is 1.92. The second-order valence-corrected chi connectivity index (χ2v) is 10.8. The summed E-state index contributed by atoms with van der Waals surface area (Å²) in [6.45, 7) is 0. The van der Waals surface area contributed by atoms with Crippen LogP contribution in [-0.4, -0.2) is 0 Å². The third kappa shape index (κ3) is 2.90. The highest BCUT2D eigenvalue weighted by molar-refractivity contribution is 7.99. The summed E-state index contributed by atoms with van der Waals surface area (Å²) in [5.41, 5.74) is 4.22. The summed E-state index contributed by atoms with van der Waals surface area (Å²) in [5, 5.41) is 10.5. The predicted octanol–water partition coefficient (Wildman–Crippen LogP) is 9.94. The highest BCUT2D eigenvalue weighted by atomic mass is 32.2. The van der Waals surface area contributed by atoms with E-state index in [2.05, 4.69) is 127 Å². The summed E-state index contributed by atoms with van der Waals surface area (Å²) in [5.74, 6) is 0.171. The van der Waals surface area contributed by atoms with Crippen LogP contribution in [0, 0.1) is 0 Å². The van der Waals surface area contributed by atoms with Crippen LogP contribution in [0.25, 0.3) is 43.1 Å². The van der Waals surface area contributed by atoms with Crippen molar-refractivity contribution in [1.82, 2.24) is 0 Å². The van der Waals surface area contributed by atoms with Gasteiger partial charge in [-0.1, -0.05) is 127 Å². The molecule has 7 aromatic carbocycles. The Balaban J connectivity index is 1.48. The van der Waals surface area contributed by atoms with E-state index < -0.39 is 0 Å². The molecule has 0 fully saturated rings. The van der Waals surface area contributed by atoms with Crippen LogP contribution in [0.3, 0.4) is 0 Å². The molecule has 168 valence electrons. The Morgan fingerprint density at radius 2 is 0.861 bits per heavy atom. The minimum Gasteiger partial charge on any atom is -0.0894 e. The number of rotatable bonds is 1. The highest BCUT2D eigenvalue weighted by Gasteiger charge is 2.31. The minimum absolute atomic E-state index is 0.171. The van der Waals surface area contributed by atoms with Gasteiger partial charge in [0.15, 0.2) is 0 Å². The molecule has 1 aliphatic rings. The lowest BCUT2D eigenvalue weighted by Crippen LogP contribution is -2.11. The number of hydrogen-bond acceptors (Lipinski definition) is 1. The molecule has 8 rings (SSSR count). The average molecular weight is 475 g/mol. The molecule has 0 saturated carbocycles. The van der Waals surface area contributed by atoms with Crippen LogP contribution in [0.4, 0.5) is 0 Å².